The Hall–Kier alpha value is -2.20. The van der Waals surface area contributed by atoms with Crippen molar-refractivity contribution < 1.29 is 13.9 Å². The van der Waals surface area contributed by atoms with Crippen LogP contribution in [0.1, 0.15) is 17.0 Å². The zero-order valence-corrected chi connectivity index (χ0v) is 11.9. The topological polar surface area (TPSA) is 52.3 Å². The van der Waals surface area contributed by atoms with Crippen LogP contribution >= 0.6 is 0 Å². The van der Waals surface area contributed by atoms with Gasteiger partial charge in [0.25, 0.3) is 0 Å². The van der Waals surface area contributed by atoms with Crippen LogP contribution in [-0.2, 0) is 11.2 Å². The van der Waals surface area contributed by atoms with Gasteiger partial charge in [0, 0.05) is 13.0 Å². The number of ether oxygens (including phenoxy) is 1. The van der Waals surface area contributed by atoms with Gasteiger partial charge in [-0.25, -0.2) is 4.39 Å². The SMILES string of the molecule is COc1ccc(CC(=O)C(CN)c2ccccc2)cc1F. The third-order valence-electron chi connectivity index (χ3n) is 3.42. The lowest BCUT2D eigenvalue weighted by Gasteiger charge is -2.14. The van der Waals surface area contributed by atoms with E-state index in [9.17, 15) is 9.18 Å². The smallest absolute Gasteiger partial charge is 0.165 e. The quantitative estimate of drug-likeness (QED) is 0.888. The molecule has 0 heterocycles. The van der Waals surface area contributed by atoms with E-state index in [1.165, 1.54) is 19.2 Å². The van der Waals surface area contributed by atoms with E-state index in [1.807, 2.05) is 30.3 Å². The third kappa shape index (κ3) is 3.67. The molecular weight excluding hydrogens is 269 g/mol. The monoisotopic (exact) mass is 287 g/mol. The van der Waals surface area contributed by atoms with E-state index < -0.39 is 5.82 Å². The van der Waals surface area contributed by atoms with Gasteiger partial charge in [0.05, 0.1) is 13.0 Å². The Labute approximate surface area is 123 Å². The van der Waals surface area contributed by atoms with E-state index in [-0.39, 0.29) is 30.4 Å². The molecule has 3 nitrogen and oxygen atoms in total. The lowest BCUT2D eigenvalue weighted by atomic mass is 9.91. The van der Waals surface area contributed by atoms with Gasteiger partial charge in [0.2, 0.25) is 0 Å². The Bertz CT molecular complexity index is 613. The molecule has 0 aromatic heterocycles. The van der Waals surface area contributed by atoms with Crippen molar-refractivity contribution in [3.8, 4) is 5.75 Å². The van der Waals surface area contributed by atoms with Crippen LogP contribution in [0.25, 0.3) is 0 Å². The number of nitrogens with two attached hydrogens (primary N) is 1. The Morgan fingerprint density at radius 3 is 2.52 bits per heavy atom. The molecule has 4 heteroatoms. The molecule has 0 saturated heterocycles. The zero-order valence-electron chi connectivity index (χ0n) is 11.9. The summed E-state index contributed by atoms with van der Waals surface area (Å²) in [6, 6.07) is 13.9. The van der Waals surface area contributed by atoms with Crippen molar-refractivity contribution in [2.24, 2.45) is 5.73 Å². The summed E-state index contributed by atoms with van der Waals surface area (Å²) in [5.74, 6) is -0.680. The van der Waals surface area contributed by atoms with E-state index in [1.54, 1.807) is 6.07 Å². The number of methoxy groups -OCH3 is 1. The number of carbonyl (C=O) groups excluding carboxylic acids is 1. The summed E-state index contributed by atoms with van der Waals surface area (Å²) >= 11 is 0. The molecular formula is C17H18FNO2. The van der Waals surface area contributed by atoms with Crippen LogP contribution in [0, 0.1) is 5.82 Å². The summed E-state index contributed by atoms with van der Waals surface area (Å²) in [6.45, 7) is 0.238. The first-order chi connectivity index (χ1) is 10.2. The predicted octanol–water partition coefficient (Wildman–Crippen LogP) is 2.69. The number of rotatable bonds is 6. The standard InChI is InChI=1S/C17H18FNO2/c1-21-17-8-7-12(9-15(17)18)10-16(20)14(11-19)13-5-3-2-4-6-13/h2-9,14H,10-11,19H2,1H3. The molecule has 0 bridgehead atoms. The minimum atomic E-state index is -0.466. The molecule has 110 valence electrons. The summed E-state index contributed by atoms with van der Waals surface area (Å²) < 4.78 is 18.5. The Balaban J connectivity index is 2.15. The average Bonchev–Trinajstić information content (AvgIpc) is 2.49. The van der Waals surface area contributed by atoms with Crippen molar-refractivity contribution >= 4 is 5.78 Å². The van der Waals surface area contributed by atoms with Crippen LogP contribution in [0.5, 0.6) is 5.75 Å². The molecule has 0 amide bonds. The molecule has 2 aromatic carbocycles. The van der Waals surface area contributed by atoms with Gasteiger partial charge in [-0.3, -0.25) is 4.79 Å². The van der Waals surface area contributed by atoms with Gasteiger partial charge in [-0.05, 0) is 23.3 Å². The van der Waals surface area contributed by atoms with Gasteiger partial charge in [0.1, 0.15) is 5.78 Å². The lowest BCUT2D eigenvalue weighted by molar-refractivity contribution is -0.119. The number of hydrogen-bond acceptors (Lipinski definition) is 3. The van der Waals surface area contributed by atoms with Gasteiger partial charge in [-0.2, -0.15) is 0 Å². The van der Waals surface area contributed by atoms with E-state index in [2.05, 4.69) is 0 Å². The molecule has 0 aliphatic carbocycles. The van der Waals surface area contributed by atoms with Crippen LogP contribution in [-0.4, -0.2) is 19.4 Å². The molecule has 1 unspecified atom stereocenters. The van der Waals surface area contributed by atoms with Crippen molar-refractivity contribution in [1.82, 2.24) is 0 Å². The normalized spacial score (nSPS) is 12.0. The molecule has 0 radical (unpaired) electrons. The fourth-order valence-electron chi connectivity index (χ4n) is 2.28. The highest BCUT2D eigenvalue weighted by molar-refractivity contribution is 5.87. The number of benzene rings is 2. The molecule has 0 aliphatic heterocycles. The van der Waals surface area contributed by atoms with E-state index >= 15 is 0 Å². The summed E-state index contributed by atoms with van der Waals surface area (Å²) in [5, 5.41) is 0. The minimum absolute atomic E-state index is 0.0201. The Morgan fingerprint density at radius 2 is 1.95 bits per heavy atom. The summed E-state index contributed by atoms with van der Waals surface area (Å²) in [7, 11) is 1.41. The van der Waals surface area contributed by atoms with Crippen LogP contribution in [0.4, 0.5) is 4.39 Å². The zero-order chi connectivity index (χ0) is 15.2. The Kier molecular flexibility index (Phi) is 5.06. The van der Waals surface area contributed by atoms with Gasteiger partial charge >= 0.3 is 0 Å². The Morgan fingerprint density at radius 1 is 1.24 bits per heavy atom. The highest BCUT2D eigenvalue weighted by Gasteiger charge is 2.19. The van der Waals surface area contributed by atoms with Crippen LogP contribution in [0.3, 0.4) is 0 Å². The largest absolute Gasteiger partial charge is 0.494 e. The predicted molar refractivity (Wildman–Crippen MR) is 79.9 cm³/mol. The third-order valence-corrected chi connectivity index (χ3v) is 3.42. The minimum Gasteiger partial charge on any atom is -0.494 e. The molecule has 0 spiro atoms. The van der Waals surface area contributed by atoms with Crippen LogP contribution in [0.15, 0.2) is 48.5 Å². The van der Waals surface area contributed by atoms with Gasteiger partial charge in [-0.1, -0.05) is 36.4 Å². The molecule has 0 fully saturated rings. The van der Waals surface area contributed by atoms with Gasteiger partial charge in [-0.15, -0.1) is 0 Å². The van der Waals surface area contributed by atoms with Gasteiger partial charge in [0.15, 0.2) is 11.6 Å². The van der Waals surface area contributed by atoms with Crippen molar-refractivity contribution in [2.45, 2.75) is 12.3 Å². The fraction of sp³-hybridized carbons (Fsp3) is 0.235. The van der Waals surface area contributed by atoms with Gasteiger partial charge < -0.3 is 10.5 Å². The average molecular weight is 287 g/mol. The highest BCUT2D eigenvalue weighted by atomic mass is 19.1. The lowest BCUT2D eigenvalue weighted by Crippen LogP contribution is -2.23. The number of halogens is 1. The van der Waals surface area contributed by atoms with E-state index in [0.29, 0.717) is 5.56 Å². The summed E-state index contributed by atoms with van der Waals surface area (Å²) in [6.07, 6.45) is 0.150. The molecule has 1 atom stereocenters. The van der Waals surface area contributed by atoms with Crippen molar-refractivity contribution in [1.29, 1.82) is 0 Å². The number of ketones is 1. The van der Waals surface area contributed by atoms with E-state index in [4.69, 9.17) is 10.5 Å². The van der Waals surface area contributed by atoms with Crippen LogP contribution < -0.4 is 10.5 Å². The second-order valence-corrected chi connectivity index (χ2v) is 4.81. The summed E-state index contributed by atoms with van der Waals surface area (Å²) in [4.78, 5) is 12.4. The maximum atomic E-state index is 13.6. The van der Waals surface area contributed by atoms with Crippen LogP contribution in [0.2, 0.25) is 0 Å². The second kappa shape index (κ2) is 6.99. The second-order valence-electron chi connectivity index (χ2n) is 4.81. The summed E-state index contributed by atoms with van der Waals surface area (Å²) in [5.41, 5.74) is 7.23. The molecule has 0 saturated carbocycles. The van der Waals surface area contributed by atoms with E-state index in [0.717, 1.165) is 5.56 Å². The molecule has 0 aliphatic rings. The highest BCUT2D eigenvalue weighted by Crippen LogP contribution is 2.21. The van der Waals surface area contributed by atoms with Crippen molar-refractivity contribution in [3.05, 3.63) is 65.5 Å². The first kappa shape index (κ1) is 15.2. The maximum absolute atomic E-state index is 13.6. The molecule has 2 aromatic rings. The maximum Gasteiger partial charge on any atom is 0.165 e. The number of carbonyl (C=O) groups is 1. The molecule has 2 rings (SSSR count). The van der Waals surface area contributed by atoms with Crippen molar-refractivity contribution in [3.63, 3.8) is 0 Å². The fourth-order valence-corrected chi connectivity index (χ4v) is 2.28. The molecule has 21 heavy (non-hydrogen) atoms. The number of Topliss-reactive ketones (excluding diaryl/α,β-unsaturated/α-hetero) is 1. The molecule has 2 N–H and O–H groups in total. The van der Waals surface area contributed by atoms with Crippen molar-refractivity contribution in [2.75, 3.05) is 13.7 Å². The number of hydrogen-bond donors (Lipinski definition) is 1. The first-order valence-electron chi connectivity index (χ1n) is 6.76. The first-order valence-corrected chi connectivity index (χ1v) is 6.76.